The van der Waals surface area contributed by atoms with Crippen LogP contribution in [0.1, 0.15) is 38.5 Å². The number of hydrogen-bond donors (Lipinski definition) is 2. The molecule has 1 aliphatic carbocycles. The summed E-state index contributed by atoms with van der Waals surface area (Å²) in [5.74, 6) is 0.431. The van der Waals surface area contributed by atoms with Gasteiger partial charge >= 0.3 is 0 Å². The van der Waals surface area contributed by atoms with Gasteiger partial charge in [0.15, 0.2) is 0 Å². The molecule has 0 spiro atoms. The van der Waals surface area contributed by atoms with E-state index in [1.165, 1.54) is 11.3 Å². The zero-order chi connectivity index (χ0) is 15.7. The van der Waals surface area contributed by atoms with Crippen molar-refractivity contribution in [3.05, 3.63) is 0 Å². The van der Waals surface area contributed by atoms with Gasteiger partial charge in [-0.1, -0.05) is 12.8 Å². The van der Waals surface area contributed by atoms with E-state index in [-0.39, 0.29) is 18.4 Å². The number of hydrogen-bond acceptors (Lipinski definition) is 4. The highest BCUT2D eigenvalue weighted by atomic mass is 16.5. The molecule has 1 saturated carbocycles. The summed E-state index contributed by atoms with van der Waals surface area (Å²) in [7, 11) is 3.25. The van der Waals surface area contributed by atoms with Crippen molar-refractivity contribution in [2.75, 3.05) is 33.9 Å². The van der Waals surface area contributed by atoms with Crippen molar-refractivity contribution in [1.82, 2.24) is 10.2 Å². The highest BCUT2D eigenvalue weighted by molar-refractivity contribution is 5.84. The average Bonchev–Trinajstić information content (AvgIpc) is 2.45. The van der Waals surface area contributed by atoms with E-state index in [1.807, 2.05) is 0 Å². The minimum absolute atomic E-state index is 0.0241. The Labute approximate surface area is 127 Å². The Bertz CT molecular complexity index is 336. The van der Waals surface area contributed by atoms with Gasteiger partial charge in [0.1, 0.15) is 0 Å². The summed E-state index contributed by atoms with van der Waals surface area (Å²) in [5, 5.41) is 2.71. The van der Waals surface area contributed by atoms with E-state index in [9.17, 15) is 9.59 Å². The first-order valence-electron chi connectivity index (χ1n) is 7.78. The third-order valence-electron chi connectivity index (χ3n) is 4.02. The molecule has 0 aromatic heterocycles. The Morgan fingerprint density at radius 1 is 1.38 bits per heavy atom. The maximum atomic E-state index is 12.0. The second-order valence-electron chi connectivity index (χ2n) is 5.92. The Kier molecular flexibility index (Phi) is 8.30. The Morgan fingerprint density at radius 3 is 2.81 bits per heavy atom. The van der Waals surface area contributed by atoms with E-state index in [0.29, 0.717) is 31.5 Å². The lowest BCUT2D eigenvalue weighted by atomic mass is 9.83. The fourth-order valence-corrected chi connectivity index (χ4v) is 2.77. The summed E-state index contributed by atoms with van der Waals surface area (Å²) in [6, 6.07) is 0.295. The Morgan fingerprint density at radius 2 is 2.14 bits per heavy atom. The van der Waals surface area contributed by atoms with Gasteiger partial charge in [0.2, 0.25) is 11.8 Å². The first-order valence-corrected chi connectivity index (χ1v) is 7.78. The number of methoxy groups -OCH3 is 1. The number of nitrogens with two attached hydrogens (primary N) is 1. The third-order valence-corrected chi connectivity index (χ3v) is 4.02. The number of ether oxygens (including phenoxy) is 1. The predicted octanol–water partition coefficient (Wildman–Crippen LogP) is 0.505. The molecule has 0 saturated heterocycles. The molecule has 1 rings (SSSR count). The molecule has 1 fully saturated rings. The monoisotopic (exact) mass is 299 g/mol. The SMILES string of the molecule is COCCNC(=O)CN(C)C(=O)CCC1CCCC(N)C1. The lowest BCUT2D eigenvalue weighted by molar-refractivity contribution is -0.135. The molecular formula is C15H29N3O3. The van der Waals surface area contributed by atoms with Crippen LogP contribution < -0.4 is 11.1 Å². The largest absolute Gasteiger partial charge is 0.383 e. The maximum absolute atomic E-state index is 12.0. The van der Waals surface area contributed by atoms with Crippen LogP contribution in [0.3, 0.4) is 0 Å². The summed E-state index contributed by atoms with van der Waals surface area (Å²) >= 11 is 0. The second-order valence-corrected chi connectivity index (χ2v) is 5.92. The summed E-state index contributed by atoms with van der Waals surface area (Å²) in [6.07, 6.45) is 5.84. The van der Waals surface area contributed by atoms with Crippen molar-refractivity contribution in [3.63, 3.8) is 0 Å². The van der Waals surface area contributed by atoms with Crippen LogP contribution in [-0.4, -0.2) is 56.6 Å². The fraction of sp³-hybridized carbons (Fsp3) is 0.867. The summed E-state index contributed by atoms with van der Waals surface area (Å²) in [5.41, 5.74) is 5.96. The van der Waals surface area contributed by atoms with Gasteiger partial charge in [-0.2, -0.15) is 0 Å². The maximum Gasteiger partial charge on any atom is 0.239 e. The van der Waals surface area contributed by atoms with Gasteiger partial charge in [0, 0.05) is 33.2 Å². The number of likely N-dealkylation sites (N-methyl/N-ethyl adjacent to an activating group) is 1. The van der Waals surface area contributed by atoms with Crippen LogP contribution in [0, 0.1) is 5.92 Å². The average molecular weight is 299 g/mol. The standard InChI is InChI=1S/C15H29N3O3/c1-18(11-14(19)17-8-9-21-2)15(20)7-6-12-4-3-5-13(16)10-12/h12-13H,3-11,16H2,1-2H3,(H,17,19). The number of nitrogens with one attached hydrogen (secondary N) is 1. The lowest BCUT2D eigenvalue weighted by Crippen LogP contribution is -2.39. The molecule has 0 bridgehead atoms. The van der Waals surface area contributed by atoms with Crippen molar-refractivity contribution >= 4 is 11.8 Å². The zero-order valence-corrected chi connectivity index (χ0v) is 13.3. The minimum Gasteiger partial charge on any atom is -0.383 e. The van der Waals surface area contributed by atoms with Crippen LogP contribution in [0.5, 0.6) is 0 Å². The quantitative estimate of drug-likeness (QED) is 0.639. The van der Waals surface area contributed by atoms with E-state index in [4.69, 9.17) is 10.5 Å². The van der Waals surface area contributed by atoms with Crippen molar-refractivity contribution < 1.29 is 14.3 Å². The van der Waals surface area contributed by atoms with Gasteiger partial charge in [-0.3, -0.25) is 9.59 Å². The zero-order valence-electron chi connectivity index (χ0n) is 13.3. The number of carbonyl (C=O) groups is 2. The third kappa shape index (κ3) is 7.43. The molecule has 0 aliphatic heterocycles. The smallest absolute Gasteiger partial charge is 0.239 e. The normalized spacial score (nSPS) is 21.9. The van der Waals surface area contributed by atoms with E-state index < -0.39 is 0 Å². The van der Waals surface area contributed by atoms with Gasteiger partial charge in [-0.05, 0) is 25.2 Å². The Balaban J connectivity index is 2.19. The van der Waals surface area contributed by atoms with E-state index in [1.54, 1.807) is 14.2 Å². The van der Waals surface area contributed by atoms with Crippen molar-refractivity contribution in [1.29, 1.82) is 0 Å². The number of amides is 2. The van der Waals surface area contributed by atoms with Crippen molar-refractivity contribution in [3.8, 4) is 0 Å². The van der Waals surface area contributed by atoms with Gasteiger partial charge in [-0.25, -0.2) is 0 Å². The molecule has 3 N–H and O–H groups in total. The topological polar surface area (TPSA) is 84.7 Å². The molecule has 1 aliphatic rings. The highest BCUT2D eigenvalue weighted by Crippen LogP contribution is 2.26. The minimum atomic E-state index is -0.150. The molecule has 0 radical (unpaired) electrons. The molecule has 6 heteroatoms. The van der Waals surface area contributed by atoms with Crippen LogP contribution in [-0.2, 0) is 14.3 Å². The van der Waals surface area contributed by atoms with Gasteiger partial charge in [0.25, 0.3) is 0 Å². The molecular weight excluding hydrogens is 270 g/mol. The van der Waals surface area contributed by atoms with Gasteiger partial charge in [-0.15, -0.1) is 0 Å². The molecule has 0 aromatic rings. The highest BCUT2D eigenvalue weighted by Gasteiger charge is 2.21. The van der Waals surface area contributed by atoms with Crippen LogP contribution in [0.4, 0.5) is 0 Å². The Hall–Kier alpha value is -1.14. The van der Waals surface area contributed by atoms with Gasteiger partial charge < -0.3 is 20.7 Å². The molecule has 2 atom stereocenters. The molecule has 2 amide bonds. The fourth-order valence-electron chi connectivity index (χ4n) is 2.77. The van der Waals surface area contributed by atoms with E-state index in [0.717, 1.165) is 25.7 Å². The van der Waals surface area contributed by atoms with Crippen molar-refractivity contribution in [2.45, 2.75) is 44.6 Å². The number of rotatable bonds is 8. The molecule has 2 unspecified atom stereocenters. The predicted molar refractivity (Wildman–Crippen MR) is 81.7 cm³/mol. The summed E-state index contributed by atoms with van der Waals surface area (Å²) < 4.78 is 4.85. The second kappa shape index (κ2) is 9.73. The van der Waals surface area contributed by atoms with Crippen LogP contribution >= 0.6 is 0 Å². The van der Waals surface area contributed by atoms with E-state index in [2.05, 4.69) is 5.32 Å². The summed E-state index contributed by atoms with van der Waals surface area (Å²) in [4.78, 5) is 25.1. The number of carbonyl (C=O) groups excluding carboxylic acids is 2. The molecule has 21 heavy (non-hydrogen) atoms. The van der Waals surface area contributed by atoms with E-state index >= 15 is 0 Å². The molecule has 122 valence electrons. The summed E-state index contributed by atoms with van der Waals surface area (Å²) in [6.45, 7) is 1.05. The first-order chi connectivity index (χ1) is 10.0. The van der Waals surface area contributed by atoms with Crippen LogP contribution in [0.15, 0.2) is 0 Å². The molecule has 0 aromatic carbocycles. The molecule has 6 nitrogen and oxygen atoms in total. The first kappa shape index (κ1) is 17.9. The molecule has 0 heterocycles. The lowest BCUT2D eigenvalue weighted by Gasteiger charge is -2.27. The van der Waals surface area contributed by atoms with Crippen LogP contribution in [0.2, 0.25) is 0 Å². The number of nitrogens with zero attached hydrogens (tertiary/aromatic N) is 1. The van der Waals surface area contributed by atoms with Crippen molar-refractivity contribution in [2.24, 2.45) is 11.7 Å². The van der Waals surface area contributed by atoms with Gasteiger partial charge in [0.05, 0.1) is 13.2 Å². The van der Waals surface area contributed by atoms with Crippen LogP contribution in [0.25, 0.3) is 0 Å².